The van der Waals surface area contributed by atoms with E-state index in [4.69, 9.17) is 9.47 Å². The van der Waals surface area contributed by atoms with Gasteiger partial charge < -0.3 is 14.6 Å². The van der Waals surface area contributed by atoms with Crippen LogP contribution in [-0.4, -0.2) is 40.3 Å². The van der Waals surface area contributed by atoms with Gasteiger partial charge >= 0.3 is 5.97 Å². The van der Waals surface area contributed by atoms with Crippen LogP contribution >= 0.6 is 0 Å². The summed E-state index contributed by atoms with van der Waals surface area (Å²) in [7, 11) is -1.04. The fourth-order valence-electron chi connectivity index (χ4n) is 4.15. The average molecular weight is 506 g/mol. The number of aliphatic carboxylic acids is 1. The minimum Gasteiger partial charge on any atom is -0.497 e. The molecule has 186 valence electrons. The van der Waals surface area contributed by atoms with Crippen LogP contribution < -0.4 is 13.8 Å². The lowest BCUT2D eigenvalue weighted by Crippen LogP contribution is -2.36. The van der Waals surface area contributed by atoms with Crippen LogP contribution in [0.25, 0.3) is 10.8 Å². The molecule has 0 aromatic heterocycles. The highest BCUT2D eigenvalue weighted by Gasteiger charge is 2.28. The van der Waals surface area contributed by atoms with E-state index in [1.165, 1.54) is 31.4 Å². The number of carbonyl (C=O) groups is 1. The molecule has 1 N–H and O–H groups in total. The van der Waals surface area contributed by atoms with Crippen molar-refractivity contribution >= 4 is 32.5 Å². The largest absolute Gasteiger partial charge is 0.497 e. The van der Waals surface area contributed by atoms with Crippen LogP contribution in [0.4, 0.5) is 5.69 Å². The first-order chi connectivity index (χ1) is 17.3. The van der Waals surface area contributed by atoms with Gasteiger partial charge in [-0.2, -0.15) is 0 Å². The molecular formula is C28H27NO6S. The van der Waals surface area contributed by atoms with Crippen molar-refractivity contribution in [3.63, 3.8) is 0 Å². The second-order valence-corrected chi connectivity index (χ2v) is 10.1. The van der Waals surface area contributed by atoms with Gasteiger partial charge in [0.05, 0.1) is 24.8 Å². The lowest BCUT2D eigenvalue weighted by molar-refractivity contribution is -0.135. The minimum absolute atomic E-state index is 0.0165. The molecule has 0 aliphatic heterocycles. The Bertz CT molecular complexity index is 1460. The number of hydrogen-bond donors (Lipinski definition) is 1. The Labute approximate surface area is 210 Å². The molecule has 7 nitrogen and oxygen atoms in total. The number of methoxy groups -OCH3 is 2. The van der Waals surface area contributed by atoms with Gasteiger partial charge in [-0.3, -0.25) is 9.10 Å². The first-order valence-electron chi connectivity index (χ1n) is 11.4. The highest BCUT2D eigenvalue weighted by atomic mass is 32.2. The molecule has 0 saturated heterocycles. The van der Waals surface area contributed by atoms with Crippen molar-refractivity contribution in [2.45, 2.75) is 17.7 Å². The zero-order valence-electron chi connectivity index (χ0n) is 20.0. The summed E-state index contributed by atoms with van der Waals surface area (Å²) >= 11 is 0. The van der Waals surface area contributed by atoms with E-state index in [2.05, 4.69) is 0 Å². The Balaban J connectivity index is 1.73. The third-order valence-electron chi connectivity index (χ3n) is 6.03. The van der Waals surface area contributed by atoms with Gasteiger partial charge in [0, 0.05) is 5.39 Å². The van der Waals surface area contributed by atoms with E-state index in [0.29, 0.717) is 16.8 Å². The number of anilines is 1. The monoisotopic (exact) mass is 505 g/mol. The Morgan fingerprint density at radius 3 is 1.94 bits per heavy atom. The van der Waals surface area contributed by atoms with E-state index in [0.717, 1.165) is 39.4 Å². The van der Waals surface area contributed by atoms with E-state index in [-0.39, 0.29) is 4.90 Å². The van der Waals surface area contributed by atoms with E-state index in [9.17, 15) is 18.3 Å². The number of nitrogens with zero attached hydrogens (tertiary/aromatic N) is 1. The van der Waals surface area contributed by atoms with Crippen LogP contribution in [0.5, 0.6) is 11.5 Å². The topological polar surface area (TPSA) is 93.1 Å². The highest BCUT2D eigenvalue weighted by molar-refractivity contribution is 7.92. The van der Waals surface area contributed by atoms with Crippen molar-refractivity contribution in [3.05, 3.63) is 96.1 Å². The van der Waals surface area contributed by atoms with Crippen molar-refractivity contribution in [1.82, 2.24) is 0 Å². The summed E-state index contributed by atoms with van der Waals surface area (Å²) in [5.74, 6) is 0.0512. The fraction of sp³-hybridized carbons (Fsp3) is 0.179. The first kappa shape index (κ1) is 25.1. The Morgan fingerprint density at radius 2 is 1.36 bits per heavy atom. The second kappa shape index (κ2) is 10.7. The summed E-state index contributed by atoms with van der Waals surface area (Å²) in [4.78, 5) is 11.7. The average Bonchev–Trinajstić information content (AvgIpc) is 2.90. The Hall–Kier alpha value is -4.04. The summed E-state index contributed by atoms with van der Waals surface area (Å²) in [6.07, 6.45) is 1.52. The molecular weight excluding hydrogens is 478 g/mol. The number of ether oxygens (including phenoxy) is 2. The van der Waals surface area contributed by atoms with Crippen molar-refractivity contribution in [2.24, 2.45) is 0 Å². The third-order valence-corrected chi connectivity index (χ3v) is 7.80. The molecule has 0 heterocycles. The van der Waals surface area contributed by atoms with E-state index in [1.807, 2.05) is 54.6 Å². The molecule has 0 fully saturated rings. The van der Waals surface area contributed by atoms with Crippen LogP contribution in [0.15, 0.2) is 89.8 Å². The maximum atomic E-state index is 13.6. The molecule has 4 aromatic carbocycles. The van der Waals surface area contributed by atoms with Gasteiger partial charge in [0.15, 0.2) is 0 Å². The first-order valence-corrected chi connectivity index (χ1v) is 12.8. The molecule has 0 amide bonds. The molecule has 8 heteroatoms. The quantitative estimate of drug-likeness (QED) is 0.329. The molecule has 0 radical (unpaired) electrons. The molecule has 0 aliphatic carbocycles. The normalized spacial score (nSPS) is 11.3. The summed E-state index contributed by atoms with van der Waals surface area (Å²) in [5.41, 5.74) is 2.51. The minimum atomic E-state index is -4.16. The van der Waals surface area contributed by atoms with Gasteiger partial charge in [-0.15, -0.1) is 0 Å². The maximum absolute atomic E-state index is 13.6. The second-order valence-electron chi connectivity index (χ2n) is 8.22. The molecule has 0 unspecified atom stereocenters. The fourth-order valence-corrected chi connectivity index (χ4v) is 5.58. The molecule has 36 heavy (non-hydrogen) atoms. The molecule has 0 bridgehead atoms. The number of aryl methyl sites for hydroxylation is 2. The van der Waals surface area contributed by atoms with Gasteiger partial charge in [-0.1, -0.05) is 42.5 Å². The lowest BCUT2D eigenvalue weighted by atomic mass is 9.97. The predicted octanol–water partition coefficient (Wildman–Crippen LogP) is 4.92. The summed E-state index contributed by atoms with van der Waals surface area (Å²) in [6, 6.07) is 24.8. The number of hydrogen-bond acceptors (Lipinski definition) is 5. The van der Waals surface area contributed by atoms with Gasteiger partial charge in [0.25, 0.3) is 10.0 Å². The number of rotatable bonds is 10. The number of fused-ring (bicyclic) bond motifs is 1. The summed E-state index contributed by atoms with van der Waals surface area (Å²) in [5, 5.41) is 11.1. The van der Waals surface area contributed by atoms with E-state index in [1.54, 1.807) is 13.2 Å². The molecule has 4 rings (SSSR count). The molecule has 0 spiro atoms. The van der Waals surface area contributed by atoms with Crippen LogP contribution in [0.2, 0.25) is 0 Å². The van der Waals surface area contributed by atoms with Gasteiger partial charge in [0.2, 0.25) is 0 Å². The Kier molecular flexibility index (Phi) is 7.45. The number of carboxylic acid groups (broad SMARTS) is 1. The van der Waals surface area contributed by atoms with Gasteiger partial charge in [0.1, 0.15) is 18.0 Å². The van der Waals surface area contributed by atoms with Crippen molar-refractivity contribution in [1.29, 1.82) is 0 Å². The van der Waals surface area contributed by atoms with Crippen LogP contribution in [0.3, 0.4) is 0 Å². The third kappa shape index (κ3) is 5.28. The van der Waals surface area contributed by atoms with Gasteiger partial charge in [-0.05, 0) is 71.8 Å². The van der Waals surface area contributed by atoms with E-state index < -0.39 is 22.5 Å². The molecule has 0 saturated carbocycles. The maximum Gasteiger partial charge on any atom is 0.324 e. The zero-order valence-corrected chi connectivity index (χ0v) is 20.9. The van der Waals surface area contributed by atoms with Crippen molar-refractivity contribution in [2.75, 3.05) is 25.1 Å². The molecule has 0 atom stereocenters. The lowest BCUT2D eigenvalue weighted by Gasteiger charge is -2.25. The van der Waals surface area contributed by atoms with Crippen LogP contribution in [0.1, 0.15) is 11.1 Å². The van der Waals surface area contributed by atoms with Crippen LogP contribution in [-0.2, 0) is 27.7 Å². The number of sulfonamides is 1. The standard InChI is InChI=1S/C28H27NO6S/c1-34-22-12-8-20(9-13-22)7-10-21-11-18-27(26-6-4-3-5-25(21)26)29(19-28(30)31)36(32,33)24-16-14-23(35-2)15-17-24/h3-6,8-9,11-18H,7,10,19H2,1-2H3,(H,30,31). The Morgan fingerprint density at radius 1 is 0.778 bits per heavy atom. The number of benzene rings is 4. The van der Waals surface area contributed by atoms with Gasteiger partial charge in [-0.25, -0.2) is 8.42 Å². The molecule has 0 aliphatic rings. The smallest absolute Gasteiger partial charge is 0.324 e. The SMILES string of the molecule is COc1ccc(CCc2ccc(N(CC(=O)O)S(=O)(=O)c3ccc(OC)cc3)c3ccccc23)cc1. The zero-order chi connectivity index (χ0) is 25.7. The van der Waals surface area contributed by atoms with Crippen LogP contribution in [0, 0.1) is 0 Å². The highest BCUT2D eigenvalue weighted by Crippen LogP contribution is 2.34. The van der Waals surface area contributed by atoms with E-state index >= 15 is 0 Å². The summed E-state index contributed by atoms with van der Waals surface area (Å²) in [6.45, 7) is -0.705. The summed E-state index contributed by atoms with van der Waals surface area (Å²) < 4.78 is 38.4. The molecule has 4 aromatic rings. The van der Waals surface area contributed by atoms with Crippen molar-refractivity contribution in [3.8, 4) is 11.5 Å². The number of carboxylic acids is 1. The predicted molar refractivity (Wildman–Crippen MR) is 140 cm³/mol. The van der Waals surface area contributed by atoms with Crippen molar-refractivity contribution < 1.29 is 27.8 Å².